The van der Waals surface area contributed by atoms with Crippen molar-refractivity contribution in [3.8, 4) is 0 Å². The van der Waals surface area contributed by atoms with Crippen LogP contribution in [0.3, 0.4) is 0 Å². The maximum atomic E-state index is 5.46. The molecule has 0 atom stereocenters. The topological polar surface area (TPSA) is 24.5 Å². The third-order valence-corrected chi connectivity index (χ3v) is 2.54. The van der Waals surface area contributed by atoms with Gasteiger partial charge in [0.15, 0.2) is 0 Å². The first-order valence-electron chi connectivity index (χ1n) is 5.94. The molecule has 1 rings (SSSR count). The lowest BCUT2D eigenvalue weighted by atomic mass is 10.3. The molecule has 1 saturated heterocycles. The highest BCUT2D eigenvalue weighted by Crippen LogP contribution is 1.97. The van der Waals surface area contributed by atoms with Gasteiger partial charge < -0.3 is 15.0 Å². The van der Waals surface area contributed by atoms with E-state index in [0.717, 1.165) is 26.2 Å². The Labute approximate surface area is 87.8 Å². The van der Waals surface area contributed by atoms with Gasteiger partial charge >= 0.3 is 0 Å². The van der Waals surface area contributed by atoms with Crippen LogP contribution in [0.15, 0.2) is 0 Å². The first-order chi connectivity index (χ1) is 6.93. The molecule has 1 heterocycles. The average molecular weight is 200 g/mol. The van der Waals surface area contributed by atoms with E-state index in [4.69, 9.17) is 4.74 Å². The Kier molecular flexibility index (Phi) is 7.01. The minimum Gasteiger partial charge on any atom is -0.381 e. The molecule has 0 amide bonds. The lowest BCUT2D eigenvalue weighted by Crippen LogP contribution is -2.29. The average Bonchev–Trinajstić information content (AvgIpc) is 2.46. The fraction of sp³-hybridized carbons (Fsp3) is 1.00. The summed E-state index contributed by atoms with van der Waals surface area (Å²) in [4.78, 5) is 2.54. The van der Waals surface area contributed by atoms with E-state index in [0.29, 0.717) is 0 Å². The van der Waals surface area contributed by atoms with Crippen molar-refractivity contribution in [3.05, 3.63) is 0 Å². The van der Waals surface area contributed by atoms with Crippen molar-refractivity contribution in [1.82, 2.24) is 10.2 Å². The minimum atomic E-state index is 0.918. The first kappa shape index (κ1) is 12.0. The maximum Gasteiger partial charge on any atom is 0.0478 e. The largest absolute Gasteiger partial charge is 0.381 e. The smallest absolute Gasteiger partial charge is 0.0478 e. The lowest BCUT2D eigenvalue weighted by molar-refractivity contribution is 0.122. The molecule has 1 fully saturated rings. The van der Waals surface area contributed by atoms with E-state index in [2.05, 4.69) is 17.1 Å². The molecule has 0 aromatic heterocycles. The van der Waals surface area contributed by atoms with E-state index in [1.807, 2.05) is 0 Å². The molecule has 1 aliphatic heterocycles. The summed E-state index contributed by atoms with van der Waals surface area (Å²) >= 11 is 0. The van der Waals surface area contributed by atoms with Crippen LogP contribution in [0.25, 0.3) is 0 Å². The number of nitrogens with zero attached hydrogens (tertiary/aromatic N) is 1. The highest BCUT2D eigenvalue weighted by molar-refractivity contribution is 4.65. The SMILES string of the molecule is CCCOCCCN1CCCNCC1. The zero-order valence-corrected chi connectivity index (χ0v) is 9.43. The summed E-state index contributed by atoms with van der Waals surface area (Å²) in [6.07, 6.45) is 3.60. The summed E-state index contributed by atoms with van der Waals surface area (Å²) in [5.41, 5.74) is 0. The molecule has 0 saturated carbocycles. The van der Waals surface area contributed by atoms with Gasteiger partial charge in [0.2, 0.25) is 0 Å². The monoisotopic (exact) mass is 200 g/mol. The van der Waals surface area contributed by atoms with Crippen molar-refractivity contribution in [3.63, 3.8) is 0 Å². The molecule has 0 unspecified atom stereocenters. The van der Waals surface area contributed by atoms with E-state index < -0.39 is 0 Å². The molecule has 0 aromatic carbocycles. The predicted octanol–water partition coefficient (Wildman–Crippen LogP) is 1.10. The number of nitrogens with one attached hydrogen (secondary N) is 1. The molecule has 14 heavy (non-hydrogen) atoms. The standard InChI is InChI=1S/C11H24N2O/c1-2-10-14-11-4-8-13-7-3-5-12-6-9-13/h12H,2-11H2,1H3. The number of hydrogen-bond acceptors (Lipinski definition) is 3. The minimum absolute atomic E-state index is 0.918. The van der Waals surface area contributed by atoms with Crippen LogP contribution >= 0.6 is 0 Å². The molecule has 3 nitrogen and oxygen atoms in total. The van der Waals surface area contributed by atoms with Gasteiger partial charge in [-0.3, -0.25) is 0 Å². The van der Waals surface area contributed by atoms with Crippen molar-refractivity contribution < 1.29 is 4.74 Å². The molecule has 1 aliphatic rings. The molecule has 0 spiro atoms. The van der Waals surface area contributed by atoms with Gasteiger partial charge in [0.05, 0.1) is 0 Å². The normalized spacial score (nSPS) is 19.5. The van der Waals surface area contributed by atoms with Crippen molar-refractivity contribution in [1.29, 1.82) is 0 Å². The maximum absolute atomic E-state index is 5.46. The number of ether oxygens (including phenoxy) is 1. The zero-order chi connectivity index (χ0) is 10.1. The molecular weight excluding hydrogens is 176 g/mol. The number of rotatable bonds is 6. The Morgan fingerprint density at radius 1 is 1.21 bits per heavy atom. The molecule has 0 aliphatic carbocycles. The van der Waals surface area contributed by atoms with Crippen molar-refractivity contribution >= 4 is 0 Å². The van der Waals surface area contributed by atoms with Crippen LogP contribution in [0.4, 0.5) is 0 Å². The molecule has 84 valence electrons. The van der Waals surface area contributed by atoms with Crippen LogP contribution in [-0.2, 0) is 4.74 Å². The molecule has 0 bridgehead atoms. The fourth-order valence-electron chi connectivity index (χ4n) is 1.76. The highest BCUT2D eigenvalue weighted by atomic mass is 16.5. The van der Waals surface area contributed by atoms with Crippen LogP contribution in [0.2, 0.25) is 0 Å². The third-order valence-electron chi connectivity index (χ3n) is 2.54. The van der Waals surface area contributed by atoms with Crippen LogP contribution < -0.4 is 5.32 Å². The van der Waals surface area contributed by atoms with Gasteiger partial charge in [-0.15, -0.1) is 0 Å². The van der Waals surface area contributed by atoms with Gasteiger partial charge in [-0.2, -0.15) is 0 Å². The molecular formula is C11H24N2O. The second-order valence-electron chi connectivity index (χ2n) is 3.91. The summed E-state index contributed by atoms with van der Waals surface area (Å²) in [7, 11) is 0. The Balaban J connectivity index is 1.93. The Bertz CT molecular complexity index is 122. The van der Waals surface area contributed by atoms with Crippen LogP contribution in [0.1, 0.15) is 26.2 Å². The fourth-order valence-corrected chi connectivity index (χ4v) is 1.76. The predicted molar refractivity (Wildman–Crippen MR) is 59.7 cm³/mol. The van der Waals surface area contributed by atoms with Crippen LogP contribution in [-0.4, -0.2) is 50.8 Å². The van der Waals surface area contributed by atoms with E-state index in [1.54, 1.807) is 0 Å². The van der Waals surface area contributed by atoms with Crippen molar-refractivity contribution in [2.45, 2.75) is 26.2 Å². The lowest BCUT2D eigenvalue weighted by Gasteiger charge is -2.18. The van der Waals surface area contributed by atoms with Crippen molar-refractivity contribution in [2.24, 2.45) is 0 Å². The van der Waals surface area contributed by atoms with E-state index in [1.165, 1.54) is 39.0 Å². The molecule has 1 N–H and O–H groups in total. The van der Waals surface area contributed by atoms with Crippen molar-refractivity contribution in [2.75, 3.05) is 45.9 Å². The van der Waals surface area contributed by atoms with Gasteiger partial charge in [-0.05, 0) is 32.4 Å². The van der Waals surface area contributed by atoms with Gasteiger partial charge in [-0.25, -0.2) is 0 Å². The number of hydrogen-bond donors (Lipinski definition) is 1. The van der Waals surface area contributed by atoms with Crippen LogP contribution in [0, 0.1) is 0 Å². The summed E-state index contributed by atoms with van der Waals surface area (Å²) in [6, 6.07) is 0. The second-order valence-corrected chi connectivity index (χ2v) is 3.91. The van der Waals surface area contributed by atoms with E-state index >= 15 is 0 Å². The van der Waals surface area contributed by atoms with Gasteiger partial charge in [0.1, 0.15) is 0 Å². The highest BCUT2D eigenvalue weighted by Gasteiger charge is 2.06. The molecule has 3 heteroatoms. The molecule has 0 radical (unpaired) electrons. The first-order valence-corrected chi connectivity index (χ1v) is 5.94. The Morgan fingerprint density at radius 3 is 3.00 bits per heavy atom. The van der Waals surface area contributed by atoms with Crippen LogP contribution in [0.5, 0.6) is 0 Å². The second kappa shape index (κ2) is 8.21. The Morgan fingerprint density at radius 2 is 2.14 bits per heavy atom. The Hall–Kier alpha value is -0.120. The summed E-state index contributed by atoms with van der Waals surface area (Å²) < 4.78 is 5.46. The van der Waals surface area contributed by atoms with E-state index in [9.17, 15) is 0 Å². The summed E-state index contributed by atoms with van der Waals surface area (Å²) in [6.45, 7) is 9.98. The van der Waals surface area contributed by atoms with Gasteiger partial charge in [0, 0.05) is 32.8 Å². The van der Waals surface area contributed by atoms with E-state index in [-0.39, 0.29) is 0 Å². The van der Waals surface area contributed by atoms with Gasteiger partial charge in [-0.1, -0.05) is 6.92 Å². The summed E-state index contributed by atoms with van der Waals surface area (Å²) in [5, 5.41) is 3.42. The summed E-state index contributed by atoms with van der Waals surface area (Å²) in [5.74, 6) is 0. The zero-order valence-electron chi connectivity index (χ0n) is 9.43. The van der Waals surface area contributed by atoms with Gasteiger partial charge in [0.25, 0.3) is 0 Å². The third kappa shape index (κ3) is 5.58. The molecule has 0 aromatic rings. The quantitative estimate of drug-likeness (QED) is 0.650.